The van der Waals surface area contributed by atoms with Crippen molar-refractivity contribution in [3.8, 4) is 0 Å². The first kappa shape index (κ1) is 19.4. The molecule has 0 unspecified atom stereocenters. The van der Waals surface area contributed by atoms with Crippen LogP contribution in [0.3, 0.4) is 0 Å². The maximum atomic E-state index is 12.2. The van der Waals surface area contributed by atoms with Gasteiger partial charge in [0, 0.05) is 0 Å². The molecule has 0 aliphatic rings. The molecule has 0 atom stereocenters. The van der Waals surface area contributed by atoms with Gasteiger partial charge in [-0.15, -0.1) is 0 Å². The first-order chi connectivity index (χ1) is 9.45. The Balaban J connectivity index is 4.00. The highest BCUT2D eigenvalue weighted by atomic mass is 31.2. The lowest BCUT2D eigenvalue weighted by Crippen LogP contribution is -2.32. The molecule has 1 aromatic carbocycles. The lowest BCUT2D eigenvalue weighted by molar-refractivity contribution is 0.384. The normalized spacial score (nSPS) is 14.3. The molecular weight excluding hydrogens is 295 g/mol. The summed E-state index contributed by atoms with van der Waals surface area (Å²) in [6, 6.07) is 3.95. The SMILES string of the molecule is CC(C)(C)c1cc(C(C)(C)C)c(P(=O)(O)O)c(C(C)(C)C)c1. The lowest BCUT2D eigenvalue weighted by Gasteiger charge is -2.33. The molecule has 0 saturated carbocycles. The fraction of sp³-hybridized carbons (Fsp3) is 0.667. The van der Waals surface area contributed by atoms with Gasteiger partial charge >= 0.3 is 7.60 Å². The Labute approximate surface area is 135 Å². The third-order valence-corrected chi connectivity index (χ3v) is 4.95. The first-order valence-electron chi connectivity index (χ1n) is 7.71. The van der Waals surface area contributed by atoms with E-state index in [1.165, 1.54) is 0 Å². The molecular formula is C18H31O3P. The zero-order valence-electron chi connectivity index (χ0n) is 15.4. The van der Waals surface area contributed by atoms with Crippen molar-refractivity contribution >= 4 is 12.9 Å². The Morgan fingerprint density at radius 1 is 0.727 bits per heavy atom. The fourth-order valence-electron chi connectivity index (χ4n) is 2.52. The predicted molar refractivity (Wildman–Crippen MR) is 94.2 cm³/mol. The Morgan fingerprint density at radius 3 is 1.23 bits per heavy atom. The zero-order valence-corrected chi connectivity index (χ0v) is 16.3. The minimum atomic E-state index is -4.36. The number of rotatable bonds is 1. The molecule has 0 bridgehead atoms. The molecule has 1 rings (SSSR count). The van der Waals surface area contributed by atoms with Gasteiger partial charge in [0.25, 0.3) is 0 Å². The third-order valence-electron chi connectivity index (χ3n) is 3.88. The van der Waals surface area contributed by atoms with Crippen molar-refractivity contribution < 1.29 is 14.4 Å². The molecule has 0 heterocycles. The van der Waals surface area contributed by atoms with Crippen molar-refractivity contribution in [2.75, 3.05) is 0 Å². The zero-order chi connectivity index (χ0) is 17.7. The first-order valence-corrected chi connectivity index (χ1v) is 9.32. The molecule has 0 saturated heterocycles. The van der Waals surface area contributed by atoms with Gasteiger partial charge in [-0.25, -0.2) is 0 Å². The van der Waals surface area contributed by atoms with Crippen LogP contribution in [0.4, 0.5) is 0 Å². The van der Waals surface area contributed by atoms with Gasteiger partial charge in [0.05, 0.1) is 5.30 Å². The number of hydrogen-bond acceptors (Lipinski definition) is 1. The standard InChI is InChI=1S/C18H31O3P/c1-16(2,3)12-10-13(17(4,5)6)15(22(19,20)21)14(11-12)18(7,8)9/h10-11H,1-9H3,(H2,19,20,21). The second-order valence-corrected chi connectivity index (χ2v) is 10.7. The van der Waals surface area contributed by atoms with Crippen molar-refractivity contribution in [3.63, 3.8) is 0 Å². The number of benzene rings is 1. The number of hydrogen-bond donors (Lipinski definition) is 2. The molecule has 1 aromatic rings. The molecule has 2 N–H and O–H groups in total. The summed E-state index contributed by atoms with van der Waals surface area (Å²) in [7, 11) is -4.36. The van der Waals surface area contributed by atoms with Gasteiger partial charge in [-0.05, 0) is 32.9 Å². The molecule has 3 nitrogen and oxygen atoms in total. The maximum Gasteiger partial charge on any atom is 0.356 e. The Morgan fingerprint density at radius 2 is 1.05 bits per heavy atom. The van der Waals surface area contributed by atoms with E-state index in [0.717, 1.165) is 16.7 Å². The van der Waals surface area contributed by atoms with Crippen molar-refractivity contribution in [2.45, 2.75) is 78.6 Å². The molecule has 4 heteroatoms. The van der Waals surface area contributed by atoms with Crippen LogP contribution in [-0.2, 0) is 20.8 Å². The van der Waals surface area contributed by atoms with E-state index in [1.807, 2.05) is 53.7 Å². The Kier molecular flexibility index (Phi) is 4.83. The van der Waals surface area contributed by atoms with E-state index < -0.39 is 7.60 Å². The topological polar surface area (TPSA) is 57.5 Å². The molecule has 0 aromatic heterocycles. The molecule has 0 aliphatic carbocycles. The minimum Gasteiger partial charge on any atom is -0.321 e. The Bertz CT molecular complexity index is 570. The van der Waals surface area contributed by atoms with E-state index in [2.05, 4.69) is 20.8 Å². The van der Waals surface area contributed by atoms with E-state index in [-0.39, 0.29) is 21.5 Å². The van der Waals surface area contributed by atoms with Crippen LogP contribution in [-0.4, -0.2) is 9.79 Å². The molecule has 0 aliphatic heterocycles. The molecule has 0 fully saturated rings. The van der Waals surface area contributed by atoms with E-state index >= 15 is 0 Å². The van der Waals surface area contributed by atoms with Gasteiger partial charge < -0.3 is 9.79 Å². The summed E-state index contributed by atoms with van der Waals surface area (Å²) in [5, 5.41) is 0.209. The molecule has 22 heavy (non-hydrogen) atoms. The summed E-state index contributed by atoms with van der Waals surface area (Å²) in [6.45, 7) is 18.4. The van der Waals surface area contributed by atoms with Crippen LogP contribution < -0.4 is 5.30 Å². The third kappa shape index (κ3) is 4.22. The smallest absolute Gasteiger partial charge is 0.321 e. The van der Waals surface area contributed by atoms with Gasteiger partial charge in [-0.1, -0.05) is 74.4 Å². The highest BCUT2D eigenvalue weighted by Gasteiger charge is 2.36. The highest BCUT2D eigenvalue weighted by molar-refractivity contribution is 7.60. The van der Waals surface area contributed by atoms with Crippen LogP contribution in [0, 0.1) is 0 Å². The van der Waals surface area contributed by atoms with Crippen molar-refractivity contribution in [1.29, 1.82) is 0 Å². The Hall–Kier alpha value is -0.630. The summed E-state index contributed by atoms with van der Waals surface area (Å²) < 4.78 is 12.2. The van der Waals surface area contributed by atoms with Crippen LogP contribution in [0.15, 0.2) is 12.1 Å². The predicted octanol–water partition coefficient (Wildman–Crippen LogP) is 4.38. The summed E-state index contributed by atoms with van der Waals surface area (Å²) in [5.74, 6) is 0. The van der Waals surface area contributed by atoms with Crippen molar-refractivity contribution in [2.24, 2.45) is 0 Å². The van der Waals surface area contributed by atoms with Crippen LogP contribution in [0.5, 0.6) is 0 Å². The highest BCUT2D eigenvalue weighted by Crippen LogP contribution is 2.44. The van der Waals surface area contributed by atoms with Gasteiger partial charge in [0.15, 0.2) is 0 Å². The largest absolute Gasteiger partial charge is 0.356 e. The average molecular weight is 326 g/mol. The lowest BCUT2D eigenvalue weighted by atomic mass is 9.75. The summed E-state index contributed by atoms with van der Waals surface area (Å²) in [6.07, 6.45) is 0. The molecule has 0 amide bonds. The monoisotopic (exact) mass is 326 g/mol. The van der Waals surface area contributed by atoms with Crippen molar-refractivity contribution in [1.82, 2.24) is 0 Å². The second kappa shape index (κ2) is 5.47. The maximum absolute atomic E-state index is 12.2. The van der Waals surface area contributed by atoms with Crippen LogP contribution in [0.25, 0.3) is 0 Å². The minimum absolute atomic E-state index is 0.0760. The van der Waals surface area contributed by atoms with Gasteiger partial charge in [-0.3, -0.25) is 4.57 Å². The second-order valence-electron chi connectivity index (χ2n) is 9.21. The van der Waals surface area contributed by atoms with Gasteiger partial charge in [0.2, 0.25) is 0 Å². The van der Waals surface area contributed by atoms with E-state index in [1.54, 1.807) is 0 Å². The van der Waals surface area contributed by atoms with Crippen LogP contribution in [0.1, 0.15) is 79.0 Å². The fourth-order valence-corrected chi connectivity index (χ4v) is 3.95. The molecule has 126 valence electrons. The van der Waals surface area contributed by atoms with E-state index in [0.29, 0.717) is 0 Å². The van der Waals surface area contributed by atoms with Gasteiger partial charge in [-0.2, -0.15) is 0 Å². The molecule has 0 radical (unpaired) electrons. The van der Waals surface area contributed by atoms with Crippen LogP contribution in [0.2, 0.25) is 0 Å². The van der Waals surface area contributed by atoms with E-state index in [9.17, 15) is 14.4 Å². The van der Waals surface area contributed by atoms with E-state index in [4.69, 9.17) is 0 Å². The summed E-state index contributed by atoms with van der Waals surface area (Å²) in [4.78, 5) is 20.0. The van der Waals surface area contributed by atoms with Crippen molar-refractivity contribution in [3.05, 3.63) is 28.8 Å². The quantitative estimate of drug-likeness (QED) is 0.753. The summed E-state index contributed by atoms with van der Waals surface area (Å²) >= 11 is 0. The van der Waals surface area contributed by atoms with Gasteiger partial charge in [0.1, 0.15) is 0 Å². The molecule has 0 spiro atoms. The van der Waals surface area contributed by atoms with Crippen LogP contribution >= 0.6 is 7.60 Å². The summed E-state index contributed by atoms with van der Waals surface area (Å²) in [5.41, 5.74) is 1.86. The average Bonchev–Trinajstić information content (AvgIpc) is 2.22.